The van der Waals surface area contributed by atoms with Crippen molar-refractivity contribution in [2.24, 2.45) is 0 Å². The zero-order chi connectivity index (χ0) is 18.6. The Bertz CT molecular complexity index is 823. The normalized spacial score (nSPS) is 11.6. The number of hydrogen-bond acceptors (Lipinski definition) is 3. The van der Waals surface area contributed by atoms with Gasteiger partial charge in [-0.3, -0.25) is 20.4 Å². The highest BCUT2D eigenvalue weighted by atomic mass is 19.4. The topological polar surface area (TPSA) is 71.3 Å². The first-order valence-electron chi connectivity index (χ1n) is 7.19. The molecule has 25 heavy (non-hydrogen) atoms. The lowest BCUT2D eigenvalue weighted by molar-refractivity contribution is -0.137. The van der Waals surface area contributed by atoms with Crippen molar-refractivity contribution in [1.29, 1.82) is 0 Å². The van der Waals surface area contributed by atoms with E-state index in [-0.39, 0.29) is 11.1 Å². The highest BCUT2D eigenvalue weighted by Gasteiger charge is 2.30. The minimum absolute atomic E-state index is 0.206. The molecule has 1 aromatic carbocycles. The van der Waals surface area contributed by atoms with Crippen LogP contribution in [0.1, 0.15) is 33.0 Å². The fourth-order valence-corrected chi connectivity index (χ4v) is 2.07. The Morgan fingerprint density at radius 3 is 2.44 bits per heavy atom. The van der Waals surface area contributed by atoms with Crippen LogP contribution in [-0.2, 0) is 11.0 Å². The van der Waals surface area contributed by atoms with E-state index < -0.39 is 23.6 Å². The molecular formula is C17H15F3N2O3. The summed E-state index contributed by atoms with van der Waals surface area (Å²) in [6, 6.07) is 6.05. The lowest BCUT2D eigenvalue weighted by atomic mass is 10.1. The number of alkyl halides is 3. The van der Waals surface area contributed by atoms with Crippen molar-refractivity contribution >= 4 is 17.9 Å². The molecule has 1 heterocycles. The number of carbonyl (C=O) groups excluding carboxylic acids is 2. The predicted molar refractivity (Wildman–Crippen MR) is 84.3 cm³/mol. The molecule has 2 amide bonds. The van der Waals surface area contributed by atoms with Crippen LogP contribution in [-0.4, -0.2) is 11.8 Å². The van der Waals surface area contributed by atoms with Crippen molar-refractivity contribution in [3.05, 3.63) is 64.6 Å². The second-order valence-corrected chi connectivity index (χ2v) is 5.23. The molecule has 2 N–H and O–H groups in total. The van der Waals surface area contributed by atoms with Gasteiger partial charge in [0.05, 0.1) is 11.1 Å². The molecule has 8 heteroatoms. The van der Waals surface area contributed by atoms with E-state index in [2.05, 4.69) is 10.9 Å². The van der Waals surface area contributed by atoms with Gasteiger partial charge < -0.3 is 4.42 Å². The van der Waals surface area contributed by atoms with Gasteiger partial charge in [0.25, 0.3) is 11.8 Å². The summed E-state index contributed by atoms with van der Waals surface area (Å²) in [5.74, 6) is -0.291. The monoisotopic (exact) mass is 352 g/mol. The average molecular weight is 352 g/mol. The van der Waals surface area contributed by atoms with Gasteiger partial charge in [0.15, 0.2) is 0 Å². The number of carbonyl (C=O) groups is 2. The van der Waals surface area contributed by atoms with Crippen molar-refractivity contribution in [1.82, 2.24) is 10.9 Å². The third-order valence-electron chi connectivity index (χ3n) is 3.23. The van der Waals surface area contributed by atoms with Gasteiger partial charge in [-0.25, -0.2) is 0 Å². The van der Waals surface area contributed by atoms with Crippen LogP contribution >= 0.6 is 0 Å². The molecule has 5 nitrogen and oxygen atoms in total. The maximum absolute atomic E-state index is 12.6. The molecule has 0 aliphatic heterocycles. The molecule has 132 valence electrons. The molecule has 0 bridgehead atoms. The van der Waals surface area contributed by atoms with Gasteiger partial charge in [-0.2, -0.15) is 13.2 Å². The van der Waals surface area contributed by atoms with Crippen molar-refractivity contribution in [2.75, 3.05) is 0 Å². The number of aryl methyl sites for hydroxylation is 2. The molecule has 2 rings (SSSR count). The molecule has 0 unspecified atom stereocenters. The number of hydrazine groups is 1. The largest absolute Gasteiger partial charge is 0.466 e. The van der Waals surface area contributed by atoms with E-state index in [0.29, 0.717) is 11.5 Å². The molecule has 1 aromatic heterocycles. The Morgan fingerprint density at radius 1 is 1.12 bits per heavy atom. The fourth-order valence-electron chi connectivity index (χ4n) is 2.07. The molecule has 0 radical (unpaired) electrons. The van der Waals surface area contributed by atoms with Crippen molar-refractivity contribution in [3.63, 3.8) is 0 Å². The summed E-state index contributed by atoms with van der Waals surface area (Å²) in [4.78, 5) is 23.5. The highest BCUT2D eigenvalue weighted by molar-refractivity contribution is 5.98. The lowest BCUT2D eigenvalue weighted by Gasteiger charge is -2.07. The van der Waals surface area contributed by atoms with Gasteiger partial charge in [-0.15, -0.1) is 0 Å². The summed E-state index contributed by atoms with van der Waals surface area (Å²) in [5, 5.41) is 0. The highest BCUT2D eigenvalue weighted by Crippen LogP contribution is 2.29. The second kappa shape index (κ2) is 7.25. The Labute approximate surface area is 141 Å². The van der Waals surface area contributed by atoms with Crippen LogP contribution in [0.5, 0.6) is 0 Å². The molecular weight excluding hydrogens is 337 g/mol. The molecule has 0 saturated carbocycles. The van der Waals surface area contributed by atoms with Crippen LogP contribution in [0.2, 0.25) is 0 Å². The summed E-state index contributed by atoms with van der Waals surface area (Å²) >= 11 is 0. The first-order valence-corrected chi connectivity index (χ1v) is 7.19. The standard InChI is InChI=1S/C17H15F3N2O3/c1-10-8-14(11(2)25-10)16(24)22-21-15(23)7-6-12-4-3-5-13(9-12)17(18,19)20/h3-9H,1-2H3,(H,21,23)(H,22,24). The van der Waals surface area contributed by atoms with Crippen molar-refractivity contribution in [3.8, 4) is 0 Å². The molecule has 0 aliphatic carbocycles. The van der Waals surface area contributed by atoms with Crippen LogP contribution < -0.4 is 10.9 Å². The van der Waals surface area contributed by atoms with E-state index >= 15 is 0 Å². The molecule has 2 aromatic rings. The second-order valence-electron chi connectivity index (χ2n) is 5.23. The molecule has 0 saturated heterocycles. The van der Waals surface area contributed by atoms with Crippen LogP contribution in [0.25, 0.3) is 6.08 Å². The molecule has 0 spiro atoms. The smallest absolute Gasteiger partial charge is 0.416 e. The first kappa shape index (κ1) is 18.3. The summed E-state index contributed by atoms with van der Waals surface area (Å²) in [5.41, 5.74) is 4.01. The quantitative estimate of drug-likeness (QED) is 0.657. The first-order chi connectivity index (χ1) is 11.7. The zero-order valence-corrected chi connectivity index (χ0v) is 13.4. The number of furan rings is 1. The Balaban J connectivity index is 1.95. The van der Waals surface area contributed by atoms with Gasteiger partial charge in [0, 0.05) is 6.08 Å². The van der Waals surface area contributed by atoms with E-state index in [9.17, 15) is 22.8 Å². The van der Waals surface area contributed by atoms with Gasteiger partial charge in [0.2, 0.25) is 0 Å². The van der Waals surface area contributed by atoms with E-state index in [4.69, 9.17) is 4.42 Å². The van der Waals surface area contributed by atoms with E-state index in [0.717, 1.165) is 18.2 Å². The number of halogens is 3. The number of benzene rings is 1. The molecule has 0 fully saturated rings. The van der Waals surface area contributed by atoms with Gasteiger partial charge in [0.1, 0.15) is 11.5 Å². The van der Waals surface area contributed by atoms with Gasteiger partial charge in [-0.1, -0.05) is 12.1 Å². The summed E-state index contributed by atoms with van der Waals surface area (Å²) < 4.78 is 43.0. The number of rotatable bonds is 3. The van der Waals surface area contributed by atoms with Crippen molar-refractivity contribution < 1.29 is 27.2 Å². The number of hydrogen-bond donors (Lipinski definition) is 2. The Morgan fingerprint density at radius 2 is 1.84 bits per heavy atom. The molecule has 0 aliphatic rings. The van der Waals surface area contributed by atoms with Crippen LogP contribution in [0.15, 0.2) is 40.8 Å². The Kier molecular flexibility index (Phi) is 5.31. The average Bonchev–Trinajstić information content (AvgIpc) is 2.88. The van der Waals surface area contributed by atoms with Crippen molar-refractivity contribution in [2.45, 2.75) is 20.0 Å². The van der Waals surface area contributed by atoms with E-state index in [1.165, 1.54) is 24.3 Å². The van der Waals surface area contributed by atoms with E-state index in [1.807, 2.05) is 0 Å². The third kappa shape index (κ3) is 4.97. The fraction of sp³-hybridized carbons (Fsp3) is 0.176. The maximum atomic E-state index is 12.6. The lowest BCUT2D eigenvalue weighted by Crippen LogP contribution is -2.40. The van der Waals surface area contributed by atoms with Crippen LogP contribution in [0.3, 0.4) is 0 Å². The zero-order valence-electron chi connectivity index (χ0n) is 13.4. The van der Waals surface area contributed by atoms with Gasteiger partial charge in [-0.05, 0) is 43.7 Å². The minimum atomic E-state index is -4.46. The maximum Gasteiger partial charge on any atom is 0.416 e. The number of nitrogens with one attached hydrogen (secondary N) is 2. The van der Waals surface area contributed by atoms with E-state index in [1.54, 1.807) is 13.8 Å². The summed E-state index contributed by atoms with van der Waals surface area (Å²) in [7, 11) is 0. The minimum Gasteiger partial charge on any atom is -0.466 e. The SMILES string of the molecule is Cc1cc(C(=O)NNC(=O)C=Cc2cccc(C(F)(F)F)c2)c(C)o1. The summed E-state index contributed by atoms with van der Waals surface area (Å²) in [6.45, 7) is 3.29. The predicted octanol–water partition coefficient (Wildman–Crippen LogP) is 3.39. The van der Waals surface area contributed by atoms with Crippen LogP contribution in [0.4, 0.5) is 13.2 Å². The Hall–Kier alpha value is -3.03. The van der Waals surface area contributed by atoms with Crippen LogP contribution in [0, 0.1) is 13.8 Å². The van der Waals surface area contributed by atoms with Gasteiger partial charge >= 0.3 is 6.18 Å². The number of amides is 2. The third-order valence-corrected chi connectivity index (χ3v) is 3.23. The summed E-state index contributed by atoms with van der Waals surface area (Å²) in [6.07, 6.45) is -2.23. The molecule has 0 atom stereocenters.